The van der Waals surface area contributed by atoms with E-state index in [1.54, 1.807) is 11.3 Å². The van der Waals surface area contributed by atoms with Crippen molar-refractivity contribution in [3.63, 3.8) is 0 Å². The summed E-state index contributed by atoms with van der Waals surface area (Å²) in [5.74, 6) is 2.71. The molecule has 2 rings (SSSR count). The van der Waals surface area contributed by atoms with E-state index in [0.29, 0.717) is 0 Å². The van der Waals surface area contributed by atoms with Crippen LogP contribution in [0.3, 0.4) is 0 Å². The van der Waals surface area contributed by atoms with Gasteiger partial charge in [0.2, 0.25) is 0 Å². The molecule has 0 saturated heterocycles. The Hall–Kier alpha value is -1.69. The molecule has 0 fully saturated rings. The van der Waals surface area contributed by atoms with E-state index in [-0.39, 0.29) is 0 Å². The molecule has 0 aliphatic rings. The fraction of sp³-hybridized carbons (Fsp3) is 0.500. The lowest BCUT2D eigenvalue weighted by Gasteiger charge is -2.14. The van der Waals surface area contributed by atoms with Crippen molar-refractivity contribution >= 4 is 23.0 Å². The minimum Gasteiger partial charge on any atom is -0.370 e. The van der Waals surface area contributed by atoms with Gasteiger partial charge in [-0.1, -0.05) is 6.92 Å². The van der Waals surface area contributed by atoms with E-state index in [1.165, 1.54) is 0 Å². The van der Waals surface area contributed by atoms with Gasteiger partial charge in [0.15, 0.2) is 0 Å². The van der Waals surface area contributed by atoms with Gasteiger partial charge in [0.1, 0.15) is 17.5 Å². The van der Waals surface area contributed by atoms with Gasteiger partial charge in [-0.15, -0.1) is 11.3 Å². The van der Waals surface area contributed by atoms with Crippen LogP contribution in [-0.4, -0.2) is 28.0 Å². The van der Waals surface area contributed by atoms with Gasteiger partial charge in [-0.3, -0.25) is 0 Å². The Kier molecular flexibility index (Phi) is 5.29. The van der Waals surface area contributed by atoms with Crippen LogP contribution in [0.4, 0.5) is 11.6 Å². The molecule has 6 heteroatoms. The first-order chi connectivity index (χ1) is 9.74. The largest absolute Gasteiger partial charge is 0.370 e. The number of thiazole rings is 1. The van der Waals surface area contributed by atoms with Crippen molar-refractivity contribution < 1.29 is 0 Å². The highest BCUT2D eigenvalue weighted by atomic mass is 32.1. The maximum absolute atomic E-state index is 4.57. The molecule has 0 aliphatic carbocycles. The molecule has 5 nitrogen and oxygen atoms in total. The van der Waals surface area contributed by atoms with Crippen LogP contribution in [0.1, 0.15) is 30.9 Å². The first-order valence-corrected chi connectivity index (χ1v) is 7.91. The topological polar surface area (TPSA) is 62.7 Å². The van der Waals surface area contributed by atoms with Crippen LogP contribution in [0.5, 0.6) is 0 Å². The molecule has 0 radical (unpaired) electrons. The minimum absolute atomic E-state index is 0.830. The van der Waals surface area contributed by atoms with Gasteiger partial charge < -0.3 is 10.6 Å². The monoisotopic (exact) mass is 291 g/mol. The highest BCUT2D eigenvalue weighted by molar-refractivity contribution is 7.07. The van der Waals surface area contributed by atoms with Crippen molar-refractivity contribution in [1.29, 1.82) is 0 Å². The first kappa shape index (κ1) is 14.7. The number of nitrogens with one attached hydrogen (secondary N) is 2. The van der Waals surface area contributed by atoms with Crippen molar-refractivity contribution in [2.75, 3.05) is 23.7 Å². The van der Waals surface area contributed by atoms with E-state index in [9.17, 15) is 0 Å². The zero-order valence-electron chi connectivity index (χ0n) is 12.2. The predicted octanol–water partition coefficient (Wildman–Crippen LogP) is 2.89. The van der Waals surface area contributed by atoms with Crippen molar-refractivity contribution in [1.82, 2.24) is 15.0 Å². The summed E-state index contributed by atoms with van der Waals surface area (Å²) >= 11 is 1.63. The molecule has 20 heavy (non-hydrogen) atoms. The van der Waals surface area contributed by atoms with Crippen LogP contribution in [0.15, 0.2) is 10.9 Å². The predicted molar refractivity (Wildman–Crippen MR) is 84.6 cm³/mol. The van der Waals surface area contributed by atoms with Crippen LogP contribution in [0, 0.1) is 6.92 Å². The number of aromatic nitrogens is 3. The summed E-state index contributed by atoms with van der Waals surface area (Å²) in [5, 5.41) is 8.77. The van der Waals surface area contributed by atoms with Crippen LogP contribution >= 0.6 is 11.3 Å². The van der Waals surface area contributed by atoms with Gasteiger partial charge in [-0.25, -0.2) is 15.0 Å². The average Bonchev–Trinajstić information content (AvgIpc) is 2.96. The fourth-order valence-corrected chi connectivity index (χ4v) is 2.50. The normalized spacial score (nSPS) is 10.6. The minimum atomic E-state index is 0.830. The lowest BCUT2D eigenvalue weighted by Crippen LogP contribution is -2.13. The van der Waals surface area contributed by atoms with Crippen molar-refractivity contribution in [3.05, 3.63) is 28.0 Å². The molecule has 0 unspecified atom stereocenters. The standard InChI is InChI=1S/C14H21N5S/c1-4-12-18-13(15-5-2)10(3)14(19-12)16-7-6-11-8-20-9-17-11/h8-9H,4-7H2,1-3H3,(H2,15,16,18,19). The molecule has 2 N–H and O–H groups in total. The summed E-state index contributed by atoms with van der Waals surface area (Å²) in [4.78, 5) is 13.4. The van der Waals surface area contributed by atoms with Gasteiger partial charge in [0.05, 0.1) is 11.2 Å². The maximum atomic E-state index is 4.57. The molecule has 2 heterocycles. The van der Waals surface area contributed by atoms with E-state index in [4.69, 9.17) is 0 Å². The maximum Gasteiger partial charge on any atom is 0.134 e. The Morgan fingerprint density at radius 2 is 1.90 bits per heavy atom. The molecule has 2 aromatic rings. The third-order valence-electron chi connectivity index (χ3n) is 3.01. The summed E-state index contributed by atoms with van der Waals surface area (Å²) in [7, 11) is 0. The van der Waals surface area contributed by atoms with E-state index in [1.807, 2.05) is 12.4 Å². The molecule has 0 aliphatic heterocycles. The van der Waals surface area contributed by atoms with E-state index < -0.39 is 0 Å². The second kappa shape index (κ2) is 7.19. The number of nitrogens with zero attached hydrogens (tertiary/aromatic N) is 3. The smallest absolute Gasteiger partial charge is 0.134 e. The molecule has 0 aromatic carbocycles. The average molecular weight is 291 g/mol. The second-order valence-corrected chi connectivity index (χ2v) is 5.22. The summed E-state index contributed by atoms with van der Waals surface area (Å²) in [6, 6.07) is 0. The Morgan fingerprint density at radius 3 is 2.50 bits per heavy atom. The van der Waals surface area contributed by atoms with Gasteiger partial charge >= 0.3 is 0 Å². The van der Waals surface area contributed by atoms with E-state index in [0.717, 1.165) is 54.6 Å². The number of hydrogen-bond donors (Lipinski definition) is 2. The number of anilines is 2. The third-order valence-corrected chi connectivity index (χ3v) is 3.64. The molecule has 0 bridgehead atoms. The van der Waals surface area contributed by atoms with Gasteiger partial charge in [0.25, 0.3) is 0 Å². The van der Waals surface area contributed by atoms with Crippen molar-refractivity contribution in [2.45, 2.75) is 33.6 Å². The molecule has 0 saturated carbocycles. The summed E-state index contributed by atoms with van der Waals surface area (Å²) in [6.45, 7) is 7.88. The highest BCUT2D eigenvalue weighted by Crippen LogP contribution is 2.20. The number of rotatable bonds is 7. The fourth-order valence-electron chi connectivity index (χ4n) is 1.90. The summed E-state index contributed by atoms with van der Waals surface area (Å²) < 4.78 is 0. The van der Waals surface area contributed by atoms with Crippen molar-refractivity contribution in [2.24, 2.45) is 0 Å². The van der Waals surface area contributed by atoms with Crippen LogP contribution in [-0.2, 0) is 12.8 Å². The zero-order valence-corrected chi connectivity index (χ0v) is 13.0. The Labute approximate surface area is 123 Å². The Bertz CT molecular complexity index is 539. The van der Waals surface area contributed by atoms with Crippen molar-refractivity contribution in [3.8, 4) is 0 Å². The number of hydrogen-bond acceptors (Lipinski definition) is 6. The van der Waals surface area contributed by atoms with Crippen LogP contribution in [0.2, 0.25) is 0 Å². The molecule has 0 atom stereocenters. The summed E-state index contributed by atoms with van der Waals surface area (Å²) in [6.07, 6.45) is 1.74. The lowest BCUT2D eigenvalue weighted by atomic mass is 10.2. The SMILES string of the molecule is CCNc1nc(CC)nc(NCCc2cscn2)c1C. The van der Waals surface area contributed by atoms with Gasteiger partial charge in [-0.05, 0) is 13.8 Å². The molecular weight excluding hydrogens is 270 g/mol. The van der Waals surface area contributed by atoms with Gasteiger partial charge in [0, 0.05) is 36.9 Å². The van der Waals surface area contributed by atoms with Crippen LogP contribution in [0.25, 0.3) is 0 Å². The summed E-state index contributed by atoms with van der Waals surface area (Å²) in [5.41, 5.74) is 4.06. The number of aryl methyl sites for hydroxylation is 1. The highest BCUT2D eigenvalue weighted by Gasteiger charge is 2.09. The Balaban J connectivity index is 2.07. The molecule has 108 valence electrons. The zero-order chi connectivity index (χ0) is 14.4. The quantitative estimate of drug-likeness (QED) is 0.821. The second-order valence-electron chi connectivity index (χ2n) is 4.50. The molecule has 0 spiro atoms. The van der Waals surface area contributed by atoms with Crippen LogP contribution < -0.4 is 10.6 Å². The van der Waals surface area contributed by atoms with Gasteiger partial charge in [-0.2, -0.15) is 0 Å². The first-order valence-electron chi connectivity index (χ1n) is 6.96. The Morgan fingerprint density at radius 1 is 1.15 bits per heavy atom. The van der Waals surface area contributed by atoms with E-state index >= 15 is 0 Å². The molecule has 0 amide bonds. The van der Waals surface area contributed by atoms with E-state index in [2.05, 4.69) is 44.8 Å². The third kappa shape index (κ3) is 3.66. The molecule has 2 aromatic heterocycles. The molecular formula is C14H21N5S. The lowest BCUT2D eigenvalue weighted by molar-refractivity contribution is 0.907.